The van der Waals surface area contributed by atoms with Gasteiger partial charge in [0.15, 0.2) is 0 Å². The predicted octanol–water partition coefficient (Wildman–Crippen LogP) is 3.02. The average molecular weight is 300 g/mol. The molecule has 2 N–H and O–H groups in total. The van der Waals surface area contributed by atoms with Crippen LogP contribution in [0, 0.1) is 5.82 Å². The van der Waals surface area contributed by atoms with Gasteiger partial charge in [-0.05, 0) is 23.6 Å². The fourth-order valence-corrected chi connectivity index (χ4v) is 2.89. The van der Waals surface area contributed by atoms with Gasteiger partial charge in [0, 0.05) is 30.8 Å². The maximum absolute atomic E-state index is 14.1. The van der Waals surface area contributed by atoms with Crippen LogP contribution in [0.15, 0.2) is 42.5 Å². The van der Waals surface area contributed by atoms with Gasteiger partial charge in [-0.25, -0.2) is 4.39 Å². The summed E-state index contributed by atoms with van der Waals surface area (Å²) in [6, 6.07) is 13.4. The Morgan fingerprint density at radius 1 is 1.19 bits per heavy atom. The Bertz CT molecular complexity index is 684. The van der Waals surface area contributed by atoms with Gasteiger partial charge in [-0.3, -0.25) is 4.90 Å². The molecule has 0 aliphatic carbocycles. The van der Waals surface area contributed by atoms with Crippen molar-refractivity contribution in [3.8, 4) is 0 Å². The molecule has 108 valence electrons. The molecule has 0 radical (unpaired) electrons. The first-order valence-corrected chi connectivity index (χ1v) is 7.41. The number of fused-ring (bicyclic) bond motifs is 1. The van der Waals surface area contributed by atoms with Gasteiger partial charge in [0.05, 0.1) is 0 Å². The molecular weight excluding hydrogens is 283 g/mol. The molecule has 4 heteroatoms. The van der Waals surface area contributed by atoms with E-state index in [1.807, 2.05) is 0 Å². The Balaban J connectivity index is 1.75. The maximum atomic E-state index is 14.1. The van der Waals surface area contributed by atoms with Crippen molar-refractivity contribution in [2.75, 3.05) is 6.54 Å². The minimum atomic E-state index is -0.237. The van der Waals surface area contributed by atoms with Gasteiger partial charge >= 0.3 is 0 Å². The van der Waals surface area contributed by atoms with E-state index in [9.17, 15) is 4.39 Å². The summed E-state index contributed by atoms with van der Waals surface area (Å²) >= 11 is 4.87. The number of rotatable bonds is 3. The van der Waals surface area contributed by atoms with Gasteiger partial charge in [0.2, 0.25) is 0 Å². The number of halogens is 1. The molecule has 1 aliphatic heterocycles. The molecular formula is C17H17FN2S. The van der Waals surface area contributed by atoms with Crippen LogP contribution in [0.25, 0.3) is 0 Å². The number of nitrogens with zero attached hydrogens (tertiary/aromatic N) is 1. The largest absolute Gasteiger partial charge is 0.389 e. The lowest BCUT2D eigenvalue weighted by molar-refractivity contribution is 0.242. The van der Waals surface area contributed by atoms with E-state index in [2.05, 4.69) is 29.2 Å². The molecule has 0 saturated heterocycles. The summed E-state index contributed by atoms with van der Waals surface area (Å²) in [5.74, 6) is -0.237. The standard InChI is InChI=1S/C17H17FN2S/c18-16-9-13(17(19)21)5-6-15(16)11-20-8-7-12-3-1-2-4-14(12)10-20/h1-6,9H,7-8,10-11H2,(H2,19,21). The van der Waals surface area contributed by atoms with Crippen molar-refractivity contribution < 1.29 is 4.39 Å². The lowest BCUT2D eigenvalue weighted by Gasteiger charge is -2.28. The first kappa shape index (κ1) is 14.2. The molecule has 2 aromatic carbocycles. The van der Waals surface area contributed by atoms with Crippen LogP contribution in [0.1, 0.15) is 22.3 Å². The van der Waals surface area contributed by atoms with E-state index in [0.29, 0.717) is 17.7 Å². The highest BCUT2D eigenvalue weighted by molar-refractivity contribution is 7.80. The Morgan fingerprint density at radius 3 is 2.67 bits per heavy atom. The zero-order valence-electron chi connectivity index (χ0n) is 11.7. The average Bonchev–Trinajstić information content (AvgIpc) is 2.49. The van der Waals surface area contributed by atoms with Crippen LogP contribution in [0.2, 0.25) is 0 Å². The van der Waals surface area contributed by atoms with Crippen molar-refractivity contribution in [3.63, 3.8) is 0 Å². The van der Waals surface area contributed by atoms with Crippen molar-refractivity contribution in [3.05, 3.63) is 70.5 Å². The van der Waals surface area contributed by atoms with Gasteiger partial charge in [0.1, 0.15) is 10.8 Å². The van der Waals surface area contributed by atoms with Crippen LogP contribution in [0.3, 0.4) is 0 Å². The Morgan fingerprint density at radius 2 is 1.95 bits per heavy atom. The number of nitrogens with two attached hydrogens (primary N) is 1. The maximum Gasteiger partial charge on any atom is 0.128 e. The highest BCUT2D eigenvalue weighted by Crippen LogP contribution is 2.21. The van der Waals surface area contributed by atoms with Gasteiger partial charge < -0.3 is 5.73 Å². The normalized spacial score (nSPS) is 14.7. The Labute approximate surface area is 129 Å². The van der Waals surface area contributed by atoms with E-state index in [1.165, 1.54) is 17.2 Å². The number of benzene rings is 2. The van der Waals surface area contributed by atoms with Crippen LogP contribution in [0.4, 0.5) is 4.39 Å². The van der Waals surface area contributed by atoms with E-state index < -0.39 is 0 Å². The molecule has 21 heavy (non-hydrogen) atoms. The summed E-state index contributed by atoms with van der Waals surface area (Å²) in [4.78, 5) is 2.49. The van der Waals surface area contributed by atoms with Crippen LogP contribution in [-0.2, 0) is 19.5 Å². The van der Waals surface area contributed by atoms with Crippen LogP contribution in [-0.4, -0.2) is 16.4 Å². The van der Waals surface area contributed by atoms with Gasteiger partial charge in [0.25, 0.3) is 0 Å². The van der Waals surface area contributed by atoms with E-state index in [0.717, 1.165) is 19.5 Å². The van der Waals surface area contributed by atoms with E-state index in [4.69, 9.17) is 18.0 Å². The zero-order chi connectivity index (χ0) is 14.8. The molecule has 0 atom stereocenters. The lowest BCUT2D eigenvalue weighted by Crippen LogP contribution is -2.30. The minimum Gasteiger partial charge on any atom is -0.389 e. The molecule has 2 nitrogen and oxygen atoms in total. The Hall–Kier alpha value is -1.78. The molecule has 0 aromatic heterocycles. The number of hydrogen-bond donors (Lipinski definition) is 1. The molecule has 1 heterocycles. The van der Waals surface area contributed by atoms with Crippen molar-refractivity contribution >= 4 is 17.2 Å². The van der Waals surface area contributed by atoms with Gasteiger partial charge in [-0.2, -0.15) is 0 Å². The van der Waals surface area contributed by atoms with Crippen molar-refractivity contribution in [1.29, 1.82) is 0 Å². The molecule has 0 saturated carbocycles. The minimum absolute atomic E-state index is 0.229. The fourth-order valence-electron chi connectivity index (χ4n) is 2.76. The van der Waals surface area contributed by atoms with Crippen molar-refractivity contribution in [2.24, 2.45) is 5.73 Å². The topological polar surface area (TPSA) is 29.3 Å². The summed E-state index contributed by atoms with van der Waals surface area (Å²) in [6.45, 7) is 2.43. The smallest absolute Gasteiger partial charge is 0.128 e. The van der Waals surface area contributed by atoms with Crippen LogP contribution >= 0.6 is 12.2 Å². The second-order valence-electron chi connectivity index (χ2n) is 5.40. The van der Waals surface area contributed by atoms with Crippen molar-refractivity contribution in [1.82, 2.24) is 4.90 Å². The predicted molar refractivity (Wildman–Crippen MR) is 86.5 cm³/mol. The summed E-state index contributed by atoms with van der Waals surface area (Å²) in [7, 11) is 0. The molecule has 0 unspecified atom stereocenters. The summed E-state index contributed by atoms with van der Waals surface area (Å²) in [5.41, 5.74) is 9.53. The third-order valence-corrected chi connectivity index (χ3v) is 4.18. The molecule has 0 amide bonds. The summed E-state index contributed by atoms with van der Waals surface area (Å²) < 4.78 is 14.1. The SMILES string of the molecule is NC(=S)c1ccc(CN2CCc3ccccc3C2)c(F)c1. The lowest BCUT2D eigenvalue weighted by atomic mass is 9.99. The summed E-state index contributed by atoms with van der Waals surface area (Å²) in [6.07, 6.45) is 1.02. The third-order valence-electron chi connectivity index (χ3n) is 3.94. The second kappa shape index (κ2) is 5.92. The third kappa shape index (κ3) is 3.12. The van der Waals surface area contributed by atoms with Crippen molar-refractivity contribution in [2.45, 2.75) is 19.5 Å². The molecule has 0 spiro atoms. The second-order valence-corrected chi connectivity index (χ2v) is 5.84. The summed E-state index contributed by atoms with van der Waals surface area (Å²) in [5, 5.41) is 0. The molecule has 0 fully saturated rings. The molecule has 0 bridgehead atoms. The van der Waals surface area contributed by atoms with E-state index in [-0.39, 0.29) is 10.8 Å². The molecule has 2 aromatic rings. The molecule has 3 rings (SSSR count). The zero-order valence-corrected chi connectivity index (χ0v) is 12.5. The quantitative estimate of drug-likeness (QED) is 0.884. The van der Waals surface area contributed by atoms with E-state index in [1.54, 1.807) is 12.1 Å². The van der Waals surface area contributed by atoms with Crippen LogP contribution < -0.4 is 5.73 Å². The fraction of sp³-hybridized carbons (Fsp3) is 0.235. The molecule has 1 aliphatic rings. The van der Waals surface area contributed by atoms with Crippen LogP contribution in [0.5, 0.6) is 0 Å². The first-order valence-electron chi connectivity index (χ1n) is 7.01. The van der Waals surface area contributed by atoms with Gasteiger partial charge in [-0.15, -0.1) is 0 Å². The van der Waals surface area contributed by atoms with Gasteiger partial charge in [-0.1, -0.05) is 48.6 Å². The highest BCUT2D eigenvalue weighted by atomic mass is 32.1. The monoisotopic (exact) mass is 300 g/mol. The number of hydrogen-bond acceptors (Lipinski definition) is 2. The Kier molecular flexibility index (Phi) is 3.99. The van der Waals surface area contributed by atoms with E-state index >= 15 is 0 Å². The number of thiocarbonyl (C=S) groups is 1. The first-order chi connectivity index (χ1) is 10.1. The highest BCUT2D eigenvalue weighted by Gasteiger charge is 2.17.